The standard InChI is InChI=1S/C17H15F2N3O/c18-10-2-1-3-11(8-10)21-17(23)22-12-4-5-15(22)13-6-7-20-16(19)14(13)9-12/h1-3,6-8,12,15H,4-5,9H2,(H,21,23)/t12-,15+/m1/s1. The minimum atomic E-state index is -0.440. The van der Waals surface area contributed by atoms with Crippen LogP contribution in [0.4, 0.5) is 19.3 Å². The highest BCUT2D eigenvalue weighted by Gasteiger charge is 2.43. The molecule has 1 N–H and O–H groups in total. The molecule has 0 radical (unpaired) electrons. The number of urea groups is 1. The van der Waals surface area contributed by atoms with Crippen molar-refractivity contribution in [2.45, 2.75) is 31.3 Å². The van der Waals surface area contributed by atoms with Crippen molar-refractivity contribution >= 4 is 11.7 Å². The number of fused-ring (bicyclic) bond motifs is 4. The quantitative estimate of drug-likeness (QED) is 0.816. The first-order valence-electron chi connectivity index (χ1n) is 7.61. The first-order valence-corrected chi connectivity index (χ1v) is 7.61. The van der Waals surface area contributed by atoms with Gasteiger partial charge in [-0.25, -0.2) is 14.2 Å². The van der Waals surface area contributed by atoms with Crippen LogP contribution in [0, 0.1) is 11.8 Å². The number of nitrogens with one attached hydrogen (secondary N) is 1. The minimum absolute atomic E-state index is 0.0419. The molecular formula is C17H15F2N3O. The number of carbonyl (C=O) groups is 1. The number of halogens is 2. The molecule has 1 aromatic carbocycles. The second-order valence-electron chi connectivity index (χ2n) is 5.97. The molecule has 2 amide bonds. The summed E-state index contributed by atoms with van der Waals surface area (Å²) in [4.78, 5) is 18.1. The van der Waals surface area contributed by atoms with Gasteiger partial charge in [-0.1, -0.05) is 6.07 Å². The third-order valence-corrected chi connectivity index (χ3v) is 4.65. The first-order chi connectivity index (χ1) is 11.1. The Labute approximate surface area is 132 Å². The topological polar surface area (TPSA) is 45.2 Å². The van der Waals surface area contributed by atoms with E-state index in [1.807, 2.05) is 0 Å². The van der Waals surface area contributed by atoms with Gasteiger partial charge < -0.3 is 10.2 Å². The van der Waals surface area contributed by atoms with Crippen LogP contribution in [0.15, 0.2) is 36.5 Å². The third-order valence-electron chi connectivity index (χ3n) is 4.65. The van der Waals surface area contributed by atoms with Crippen molar-refractivity contribution in [3.63, 3.8) is 0 Å². The van der Waals surface area contributed by atoms with Gasteiger partial charge in [-0.05, 0) is 49.1 Å². The second-order valence-corrected chi connectivity index (χ2v) is 5.97. The van der Waals surface area contributed by atoms with E-state index >= 15 is 0 Å². The molecule has 4 nitrogen and oxygen atoms in total. The number of amides is 2. The number of rotatable bonds is 1. The van der Waals surface area contributed by atoms with E-state index in [2.05, 4.69) is 10.3 Å². The number of anilines is 1. The molecule has 0 unspecified atom stereocenters. The van der Waals surface area contributed by atoms with Crippen molar-refractivity contribution in [1.29, 1.82) is 0 Å². The van der Waals surface area contributed by atoms with Gasteiger partial charge in [0.1, 0.15) is 5.82 Å². The van der Waals surface area contributed by atoms with Crippen molar-refractivity contribution in [1.82, 2.24) is 9.88 Å². The van der Waals surface area contributed by atoms with E-state index in [0.29, 0.717) is 17.7 Å². The summed E-state index contributed by atoms with van der Waals surface area (Å²) in [5.41, 5.74) is 1.87. The maximum Gasteiger partial charge on any atom is 0.322 e. The predicted octanol–water partition coefficient (Wildman–Crippen LogP) is 3.65. The Hall–Kier alpha value is -2.50. The van der Waals surface area contributed by atoms with E-state index in [1.165, 1.54) is 18.3 Å². The molecule has 4 rings (SSSR count). The highest BCUT2D eigenvalue weighted by Crippen LogP contribution is 2.44. The summed E-state index contributed by atoms with van der Waals surface area (Å²) in [7, 11) is 0. The van der Waals surface area contributed by atoms with Crippen molar-refractivity contribution in [3.05, 3.63) is 59.4 Å². The third kappa shape index (κ3) is 2.34. The Bertz CT molecular complexity index is 780. The maximum atomic E-state index is 13.9. The van der Waals surface area contributed by atoms with Crippen LogP contribution >= 0.6 is 0 Å². The van der Waals surface area contributed by atoms with Gasteiger partial charge in [0.05, 0.1) is 6.04 Å². The number of hydrogen-bond acceptors (Lipinski definition) is 2. The van der Waals surface area contributed by atoms with Gasteiger partial charge >= 0.3 is 6.03 Å². The van der Waals surface area contributed by atoms with E-state index in [0.717, 1.165) is 18.4 Å². The van der Waals surface area contributed by atoms with E-state index in [1.54, 1.807) is 23.1 Å². The van der Waals surface area contributed by atoms with E-state index in [4.69, 9.17) is 0 Å². The molecule has 6 heteroatoms. The van der Waals surface area contributed by atoms with Crippen LogP contribution in [0.3, 0.4) is 0 Å². The molecule has 0 saturated carbocycles. The summed E-state index contributed by atoms with van der Waals surface area (Å²) in [6, 6.07) is 7.12. The lowest BCUT2D eigenvalue weighted by Crippen LogP contribution is -2.44. The molecule has 0 aliphatic carbocycles. The average molecular weight is 315 g/mol. The lowest BCUT2D eigenvalue weighted by Gasteiger charge is -2.36. The van der Waals surface area contributed by atoms with Gasteiger partial charge in [-0.2, -0.15) is 4.39 Å². The lowest BCUT2D eigenvalue weighted by molar-refractivity contribution is 0.178. The van der Waals surface area contributed by atoms with Crippen LogP contribution in [0.2, 0.25) is 0 Å². The number of benzene rings is 1. The highest BCUT2D eigenvalue weighted by molar-refractivity contribution is 5.90. The predicted molar refractivity (Wildman–Crippen MR) is 80.9 cm³/mol. The maximum absolute atomic E-state index is 13.9. The molecule has 3 heterocycles. The Morgan fingerprint density at radius 3 is 2.96 bits per heavy atom. The Morgan fingerprint density at radius 1 is 1.26 bits per heavy atom. The van der Waals surface area contributed by atoms with Gasteiger partial charge in [0, 0.05) is 23.5 Å². The van der Waals surface area contributed by atoms with E-state index in [-0.39, 0.29) is 18.1 Å². The minimum Gasteiger partial charge on any atom is -0.314 e. The van der Waals surface area contributed by atoms with Crippen molar-refractivity contribution in [2.75, 3.05) is 5.32 Å². The van der Waals surface area contributed by atoms with Crippen molar-refractivity contribution in [2.24, 2.45) is 0 Å². The summed E-state index contributed by atoms with van der Waals surface area (Å²) < 4.78 is 27.1. The molecule has 23 heavy (non-hydrogen) atoms. The van der Waals surface area contributed by atoms with E-state index in [9.17, 15) is 13.6 Å². The number of pyridine rings is 1. The molecule has 118 valence electrons. The Balaban J connectivity index is 1.62. The van der Waals surface area contributed by atoms with Crippen LogP contribution in [0.25, 0.3) is 0 Å². The van der Waals surface area contributed by atoms with Crippen LogP contribution in [0.5, 0.6) is 0 Å². The summed E-state index contributed by atoms with van der Waals surface area (Å²) in [5, 5.41) is 2.74. The zero-order chi connectivity index (χ0) is 16.0. The summed E-state index contributed by atoms with van der Waals surface area (Å²) >= 11 is 0. The zero-order valence-electron chi connectivity index (χ0n) is 12.3. The second kappa shape index (κ2) is 5.30. The van der Waals surface area contributed by atoms with Gasteiger partial charge in [0.15, 0.2) is 0 Å². The Morgan fingerprint density at radius 2 is 2.13 bits per heavy atom. The molecule has 1 aromatic heterocycles. The number of carbonyl (C=O) groups excluding carboxylic acids is 1. The largest absolute Gasteiger partial charge is 0.322 e. The molecule has 2 atom stereocenters. The van der Waals surface area contributed by atoms with Crippen LogP contribution in [0.1, 0.15) is 30.0 Å². The van der Waals surface area contributed by atoms with Gasteiger partial charge in [0.25, 0.3) is 0 Å². The van der Waals surface area contributed by atoms with Gasteiger partial charge in [-0.3, -0.25) is 0 Å². The summed E-state index contributed by atoms with van der Waals surface area (Å²) in [6.45, 7) is 0. The molecular weight excluding hydrogens is 300 g/mol. The zero-order valence-corrected chi connectivity index (χ0v) is 12.3. The average Bonchev–Trinajstić information content (AvgIpc) is 2.84. The summed E-state index contributed by atoms with van der Waals surface area (Å²) in [5.74, 6) is -0.840. The fourth-order valence-electron chi connectivity index (χ4n) is 3.68. The molecule has 1 fully saturated rings. The lowest BCUT2D eigenvalue weighted by atomic mass is 9.95. The highest BCUT2D eigenvalue weighted by atomic mass is 19.1. The first kappa shape index (κ1) is 14.1. The molecule has 0 spiro atoms. The van der Waals surface area contributed by atoms with Crippen LogP contribution in [-0.4, -0.2) is 22.0 Å². The molecule has 2 aliphatic rings. The monoisotopic (exact) mass is 315 g/mol. The van der Waals surface area contributed by atoms with Gasteiger partial charge in [-0.15, -0.1) is 0 Å². The SMILES string of the molecule is O=C(Nc1cccc(F)c1)N1[C@@H]2CC[C@H]1c1ccnc(F)c1C2. The normalized spacial score (nSPS) is 21.9. The smallest absolute Gasteiger partial charge is 0.314 e. The van der Waals surface area contributed by atoms with Crippen LogP contribution in [-0.2, 0) is 6.42 Å². The molecule has 1 saturated heterocycles. The fourth-order valence-corrected chi connectivity index (χ4v) is 3.68. The van der Waals surface area contributed by atoms with Crippen molar-refractivity contribution in [3.8, 4) is 0 Å². The van der Waals surface area contributed by atoms with Gasteiger partial charge in [0.2, 0.25) is 5.95 Å². The molecule has 2 aromatic rings. The molecule has 2 bridgehead atoms. The Kier molecular flexibility index (Phi) is 3.25. The number of aromatic nitrogens is 1. The number of nitrogens with zero attached hydrogens (tertiary/aromatic N) is 2. The molecule has 2 aliphatic heterocycles. The number of hydrogen-bond donors (Lipinski definition) is 1. The fraction of sp³-hybridized carbons (Fsp3) is 0.294. The van der Waals surface area contributed by atoms with Crippen molar-refractivity contribution < 1.29 is 13.6 Å². The van der Waals surface area contributed by atoms with Crippen LogP contribution < -0.4 is 5.32 Å². The van der Waals surface area contributed by atoms with E-state index < -0.39 is 11.8 Å². The summed E-state index contributed by atoms with van der Waals surface area (Å²) in [6.07, 6.45) is 3.55.